The Morgan fingerprint density at radius 1 is 1.67 bits per heavy atom. The highest BCUT2D eigenvalue weighted by Crippen LogP contribution is 2.16. The zero-order chi connectivity index (χ0) is 8.81. The molecular weight excluding hydrogens is 170 g/mol. The van der Waals surface area contributed by atoms with Crippen molar-refractivity contribution in [1.82, 2.24) is 14.1 Å². The van der Waals surface area contributed by atoms with E-state index in [2.05, 4.69) is 21.0 Å². The van der Waals surface area contributed by atoms with Crippen LogP contribution in [0.4, 0.5) is 0 Å². The van der Waals surface area contributed by atoms with Gasteiger partial charge in [-0.3, -0.25) is 0 Å². The fourth-order valence-corrected chi connectivity index (χ4v) is 1.64. The van der Waals surface area contributed by atoms with E-state index in [1.54, 1.807) is 0 Å². The molecule has 1 rings (SSSR count). The summed E-state index contributed by atoms with van der Waals surface area (Å²) in [6.45, 7) is 2.20. The maximum Gasteiger partial charge on any atom is 0.0912 e. The molecular formula is C8H15N3S. The molecule has 0 fully saturated rings. The predicted molar refractivity (Wildman–Crippen MR) is 51.2 cm³/mol. The number of aromatic nitrogens is 2. The Balaban J connectivity index is 2.45. The van der Waals surface area contributed by atoms with Gasteiger partial charge in [-0.1, -0.05) is 19.8 Å². The Kier molecular flexibility index (Phi) is 4.18. The van der Waals surface area contributed by atoms with E-state index in [0.717, 1.165) is 12.1 Å². The molecule has 68 valence electrons. The third kappa shape index (κ3) is 2.53. The summed E-state index contributed by atoms with van der Waals surface area (Å²) in [6, 6.07) is 0.392. The lowest BCUT2D eigenvalue weighted by atomic mass is 10.1. The third-order valence-corrected chi connectivity index (χ3v) is 2.42. The van der Waals surface area contributed by atoms with Crippen molar-refractivity contribution in [2.75, 3.05) is 7.05 Å². The van der Waals surface area contributed by atoms with Crippen LogP contribution >= 0.6 is 11.7 Å². The van der Waals surface area contributed by atoms with E-state index >= 15 is 0 Å². The van der Waals surface area contributed by atoms with Gasteiger partial charge in [-0.2, -0.15) is 8.75 Å². The molecule has 0 bridgehead atoms. The number of nitrogens with zero attached hydrogens (tertiary/aromatic N) is 2. The lowest BCUT2D eigenvalue weighted by molar-refractivity contribution is 0.514. The molecule has 0 spiro atoms. The van der Waals surface area contributed by atoms with E-state index in [9.17, 15) is 0 Å². The second-order valence-electron chi connectivity index (χ2n) is 2.82. The standard InChI is InChI=1S/C8H15N3S/c1-3-4-5-7(9-2)8-6-10-12-11-8/h6-7,9H,3-5H2,1-2H3. The van der Waals surface area contributed by atoms with Gasteiger partial charge in [0.2, 0.25) is 0 Å². The Morgan fingerprint density at radius 3 is 3.00 bits per heavy atom. The van der Waals surface area contributed by atoms with Gasteiger partial charge < -0.3 is 5.32 Å². The molecule has 1 aromatic rings. The van der Waals surface area contributed by atoms with Gasteiger partial charge in [0.1, 0.15) is 0 Å². The van der Waals surface area contributed by atoms with E-state index < -0.39 is 0 Å². The summed E-state index contributed by atoms with van der Waals surface area (Å²) in [5, 5.41) is 3.24. The summed E-state index contributed by atoms with van der Waals surface area (Å²) in [6.07, 6.45) is 5.47. The molecule has 1 unspecified atom stereocenters. The van der Waals surface area contributed by atoms with Crippen LogP contribution in [0.15, 0.2) is 6.20 Å². The molecule has 1 heterocycles. The third-order valence-electron chi connectivity index (χ3n) is 1.93. The Bertz CT molecular complexity index is 198. The molecule has 1 N–H and O–H groups in total. The molecule has 1 aromatic heterocycles. The summed E-state index contributed by atoms with van der Waals surface area (Å²) in [7, 11) is 1.97. The molecule has 1 atom stereocenters. The van der Waals surface area contributed by atoms with Crippen LogP contribution in [0, 0.1) is 0 Å². The van der Waals surface area contributed by atoms with Crippen LogP contribution in [-0.4, -0.2) is 15.8 Å². The van der Waals surface area contributed by atoms with Crippen molar-refractivity contribution in [3.8, 4) is 0 Å². The molecule has 0 saturated heterocycles. The molecule has 0 aliphatic carbocycles. The summed E-state index contributed by atoms with van der Waals surface area (Å²) in [4.78, 5) is 0. The van der Waals surface area contributed by atoms with Crippen LogP contribution < -0.4 is 5.32 Å². The first-order chi connectivity index (χ1) is 5.88. The second-order valence-corrected chi connectivity index (χ2v) is 3.37. The molecule has 4 heteroatoms. The summed E-state index contributed by atoms with van der Waals surface area (Å²) < 4.78 is 8.20. The van der Waals surface area contributed by atoms with E-state index in [0.29, 0.717) is 6.04 Å². The van der Waals surface area contributed by atoms with E-state index in [4.69, 9.17) is 0 Å². The molecule has 0 aliphatic rings. The molecule has 0 radical (unpaired) electrons. The highest BCUT2D eigenvalue weighted by Gasteiger charge is 2.10. The minimum atomic E-state index is 0.392. The monoisotopic (exact) mass is 185 g/mol. The van der Waals surface area contributed by atoms with Crippen LogP contribution in [0.25, 0.3) is 0 Å². The number of nitrogens with one attached hydrogen (secondary N) is 1. The van der Waals surface area contributed by atoms with Crippen molar-refractivity contribution >= 4 is 11.7 Å². The lowest BCUT2D eigenvalue weighted by Crippen LogP contribution is -2.16. The Morgan fingerprint density at radius 2 is 2.50 bits per heavy atom. The Hall–Kier alpha value is -0.480. The fourth-order valence-electron chi connectivity index (χ4n) is 1.17. The van der Waals surface area contributed by atoms with Crippen LogP contribution in [0.2, 0.25) is 0 Å². The van der Waals surface area contributed by atoms with Crippen molar-refractivity contribution in [3.05, 3.63) is 11.9 Å². The second kappa shape index (κ2) is 5.22. The first-order valence-corrected chi connectivity index (χ1v) is 5.06. The summed E-state index contributed by atoms with van der Waals surface area (Å²) in [5.41, 5.74) is 1.08. The van der Waals surface area contributed by atoms with Crippen molar-refractivity contribution in [3.63, 3.8) is 0 Å². The quantitative estimate of drug-likeness (QED) is 0.762. The number of hydrogen-bond donors (Lipinski definition) is 1. The molecule has 0 amide bonds. The first kappa shape index (κ1) is 9.61. The first-order valence-electron chi connectivity index (χ1n) is 4.33. The topological polar surface area (TPSA) is 37.8 Å². The fraction of sp³-hybridized carbons (Fsp3) is 0.750. The van der Waals surface area contributed by atoms with Gasteiger partial charge in [0.05, 0.1) is 29.7 Å². The van der Waals surface area contributed by atoms with Gasteiger partial charge in [0, 0.05) is 0 Å². The maximum atomic E-state index is 4.21. The molecule has 0 aromatic carbocycles. The zero-order valence-electron chi connectivity index (χ0n) is 7.58. The van der Waals surface area contributed by atoms with E-state index in [1.807, 2.05) is 13.2 Å². The molecule has 0 aliphatic heterocycles. The normalized spacial score (nSPS) is 13.2. The smallest absolute Gasteiger partial charge is 0.0912 e. The van der Waals surface area contributed by atoms with Crippen LogP contribution in [0.3, 0.4) is 0 Å². The van der Waals surface area contributed by atoms with E-state index in [1.165, 1.54) is 24.6 Å². The SMILES string of the molecule is CCCCC(NC)c1cnsn1. The van der Waals surface area contributed by atoms with Crippen LogP contribution in [-0.2, 0) is 0 Å². The Labute approximate surface area is 77.5 Å². The average Bonchev–Trinajstić information content (AvgIpc) is 2.59. The van der Waals surface area contributed by atoms with Gasteiger partial charge in [-0.05, 0) is 13.5 Å². The van der Waals surface area contributed by atoms with Gasteiger partial charge in [-0.25, -0.2) is 0 Å². The zero-order valence-corrected chi connectivity index (χ0v) is 8.40. The van der Waals surface area contributed by atoms with Crippen LogP contribution in [0.5, 0.6) is 0 Å². The number of hydrogen-bond acceptors (Lipinski definition) is 4. The summed E-state index contributed by atoms with van der Waals surface area (Å²) in [5.74, 6) is 0. The summed E-state index contributed by atoms with van der Waals surface area (Å²) >= 11 is 1.28. The van der Waals surface area contributed by atoms with Gasteiger partial charge >= 0.3 is 0 Å². The largest absolute Gasteiger partial charge is 0.312 e. The average molecular weight is 185 g/mol. The highest BCUT2D eigenvalue weighted by atomic mass is 32.1. The predicted octanol–water partition coefficient (Wildman–Crippen LogP) is 1.99. The van der Waals surface area contributed by atoms with Crippen molar-refractivity contribution in [2.24, 2.45) is 0 Å². The lowest BCUT2D eigenvalue weighted by Gasteiger charge is -2.11. The molecule has 0 saturated carbocycles. The molecule has 3 nitrogen and oxygen atoms in total. The van der Waals surface area contributed by atoms with E-state index in [-0.39, 0.29) is 0 Å². The minimum Gasteiger partial charge on any atom is -0.312 e. The van der Waals surface area contributed by atoms with Crippen molar-refractivity contribution in [1.29, 1.82) is 0 Å². The molecule has 12 heavy (non-hydrogen) atoms. The highest BCUT2D eigenvalue weighted by molar-refractivity contribution is 6.99. The van der Waals surface area contributed by atoms with Gasteiger partial charge in [0.25, 0.3) is 0 Å². The maximum absolute atomic E-state index is 4.21. The van der Waals surface area contributed by atoms with Crippen molar-refractivity contribution < 1.29 is 0 Å². The van der Waals surface area contributed by atoms with Crippen LogP contribution in [0.1, 0.15) is 37.9 Å². The minimum absolute atomic E-state index is 0.392. The van der Waals surface area contributed by atoms with Gasteiger partial charge in [-0.15, -0.1) is 0 Å². The number of unbranched alkanes of at least 4 members (excludes halogenated alkanes) is 1. The van der Waals surface area contributed by atoms with Crippen molar-refractivity contribution in [2.45, 2.75) is 32.2 Å². The number of rotatable bonds is 5. The van der Waals surface area contributed by atoms with Gasteiger partial charge in [0.15, 0.2) is 0 Å².